The fourth-order valence-electron chi connectivity index (χ4n) is 4.43. The second-order valence-corrected chi connectivity index (χ2v) is 8.75. The van der Waals surface area contributed by atoms with Crippen LogP contribution in [0.25, 0.3) is 16.9 Å². The van der Waals surface area contributed by atoms with Gasteiger partial charge in [0.25, 0.3) is 5.91 Å². The summed E-state index contributed by atoms with van der Waals surface area (Å²) in [7, 11) is 6.76. The predicted octanol–water partition coefficient (Wildman–Crippen LogP) is 3.91. The van der Waals surface area contributed by atoms with Crippen LogP contribution in [-0.2, 0) is 0 Å². The van der Waals surface area contributed by atoms with E-state index in [-0.39, 0.29) is 11.9 Å². The molecule has 3 amide bonds. The molecule has 1 fully saturated rings. The van der Waals surface area contributed by atoms with Crippen molar-refractivity contribution in [3.63, 3.8) is 0 Å². The lowest BCUT2D eigenvalue weighted by Crippen LogP contribution is -2.52. The number of nitrogens with zero attached hydrogens (tertiary/aromatic N) is 4. The van der Waals surface area contributed by atoms with Gasteiger partial charge in [-0.1, -0.05) is 6.07 Å². The van der Waals surface area contributed by atoms with E-state index in [2.05, 4.69) is 4.57 Å². The van der Waals surface area contributed by atoms with Crippen molar-refractivity contribution in [2.24, 2.45) is 0 Å². The van der Waals surface area contributed by atoms with Gasteiger partial charge in [-0.25, -0.2) is 4.79 Å². The molecule has 8 nitrogen and oxygen atoms in total. The zero-order valence-electron chi connectivity index (χ0n) is 20.9. The van der Waals surface area contributed by atoms with E-state index in [0.717, 1.165) is 34.1 Å². The Bertz CT molecular complexity index is 1210. The second kappa shape index (κ2) is 10.1. The molecule has 0 aliphatic carbocycles. The number of methoxy groups -OCH3 is 2. The van der Waals surface area contributed by atoms with Gasteiger partial charge in [0.2, 0.25) is 0 Å². The third-order valence-corrected chi connectivity index (χ3v) is 6.39. The molecule has 1 aliphatic heterocycles. The Hall–Kier alpha value is -3.94. The van der Waals surface area contributed by atoms with Gasteiger partial charge in [0.15, 0.2) is 0 Å². The number of hydrogen-bond acceptors (Lipinski definition) is 4. The molecule has 1 saturated heterocycles. The van der Waals surface area contributed by atoms with E-state index < -0.39 is 0 Å². The van der Waals surface area contributed by atoms with E-state index in [4.69, 9.17) is 9.47 Å². The number of urea groups is 1. The normalized spacial score (nSPS) is 13.5. The first kappa shape index (κ1) is 24.2. The van der Waals surface area contributed by atoms with Crippen molar-refractivity contribution in [2.75, 3.05) is 54.5 Å². The molecule has 1 aliphatic rings. The van der Waals surface area contributed by atoms with E-state index in [0.29, 0.717) is 31.7 Å². The van der Waals surface area contributed by atoms with Crippen LogP contribution < -0.4 is 9.47 Å². The van der Waals surface area contributed by atoms with E-state index in [1.54, 1.807) is 38.1 Å². The number of carbonyl (C=O) groups excluding carboxylic acids is 2. The first-order valence-corrected chi connectivity index (χ1v) is 11.6. The highest BCUT2D eigenvalue weighted by Gasteiger charge is 2.28. The number of piperazine rings is 1. The fourth-order valence-corrected chi connectivity index (χ4v) is 4.43. The van der Waals surface area contributed by atoms with E-state index in [9.17, 15) is 9.59 Å². The van der Waals surface area contributed by atoms with Crippen LogP contribution in [0, 0.1) is 6.92 Å². The molecule has 8 heteroatoms. The largest absolute Gasteiger partial charge is 0.497 e. The molecule has 4 rings (SSSR count). The Labute approximate surface area is 206 Å². The molecular weight excluding hydrogens is 444 g/mol. The van der Waals surface area contributed by atoms with Crippen LogP contribution in [0.15, 0.2) is 54.6 Å². The minimum absolute atomic E-state index is 0.0285. The quantitative estimate of drug-likeness (QED) is 0.560. The molecule has 0 radical (unpaired) electrons. The Morgan fingerprint density at radius 1 is 0.829 bits per heavy atom. The topological polar surface area (TPSA) is 67.2 Å². The second-order valence-electron chi connectivity index (χ2n) is 8.75. The molecule has 2 aromatic carbocycles. The fraction of sp³-hybridized carbons (Fsp3) is 0.333. The van der Waals surface area contributed by atoms with Crippen molar-refractivity contribution in [3.8, 4) is 28.4 Å². The van der Waals surface area contributed by atoms with Gasteiger partial charge in [-0.15, -0.1) is 0 Å². The SMILES string of the molecule is COc1ccc(-c2cc(C(=O)N3CCN(C(=O)N(C)C)CC3)c(C)n2-c2cccc(OC)c2)cc1. The monoisotopic (exact) mass is 476 g/mol. The van der Waals surface area contributed by atoms with Gasteiger partial charge in [-0.3, -0.25) is 4.79 Å². The van der Waals surface area contributed by atoms with E-state index >= 15 is 0 Å². The van der Waals surface area contributed by atoms with Gasteiger partial charge >= 0.3 is 6.03 Å². The number of carbonyl (C=O) groups is 2. The predicted molar refractivity (Wildman–Crippen MR) is 136 cm³/mol. The van der Waals surface area contributed by atoms with E-state index in [1.807, 2.05) is 66.4 Å². The Morgan fingerprint density at radius 2 is 1.46 bits per heavy atom. The van der Waals surface area contributed by atoms with E-state index in [1.165, 1.54) is 0 Å². The van der Waals surface area contributed by atoms with Crippen LogP contribution in [0.2, 0.25) is 0 Å². The van der Waals surface area contributed by atoms with Crippen LogP contribution in [0.5, 0.6) is 11.5 Å². The summed E-state index contributed by atoms with van der Waals surface area (Å²) in [5.41, 5.74) is 4.28. The summed E-state index contributed by atoms with van der Waals surface area (Å²) in [5.74, 6) is 1.48. The minimum Gasteiger partial charge on any atom is -0.497 e. The molecule has 184 valence electrons. The molecule has 0 N–H and O–H groups in total. The number of amides is 3. The van der Waals surface area contributed by atoms with Crippen LogP contribution in [-0.4, -0.2) is 85.7 Å². The summed E-state index contributed by atoms with van der Waals surface area (Å²) in [6.07, 6.45) is 0. The first-order chi connectivity index (χ1) is 16.8. The lowest BCUT2D eigenvalue weighted by atomic mass is 10.1. The van der Waals surface area contributed by atoms with Crippen LogP contribution in [0.1, 0.15) is 16.1 Å². The van der Waals surface area contributed by atoms with Gasteiger partial charge < -0.3 is 28.7 Å². The van der Waals surface area contributed by atoms with Crippen molar-refractivity contribution in [1.82, 2.24) is 19.3 Å². The van der Waals surface area contributed by atoms with Gasteiger partial charge in [-0.2, -0.15) is 0 Å². The highest BCUT2D eigenvalue weighted by Crippen LogP contribution is 2.32. The van der Waals surface area contributed by atoms with Crippen LogP contribution in [0.4, 0.5) is 4.79 Å². The Balaban J connectivity index is 1.71. The maximum Gasteiger partial charge on any atom is 0.319 e. The molecular formula is C27H32N4O4. The highest BCUT2D eigenvalue weighted by atomic mass is 16.5. The standard InChI is InChI=1S/C27H32N4O4/c1-19-24(26(32)29-13-15-30(16-14-29)27(33)28(2)3)18-25(20-9-11-22(34-4)12-10-20)31(19)21-7-6-8-23(17-21)35-5/h6-12,17-18H,13-16H2,1-5H3. The maximum atomic E-state index is 13.6. The number of rotatable bonds is 5. The molecule has 2 heterocycles. The number of ether oxygens (including phenoxy) is 2. The molecule has 1 aromatic heterocycles. The molecule has 3 aromatic rings. The summed E-state index contributed by atoms with van der Waals surface area (Å²) in [6, 6.07) is 17.5. The highest BCUT2D eigenvalue weighted by molar-refractivity contribution is 5.97. The van der Waals surface area contributed by atoms with Gasteiger partial charge in [-0.05, 0) is 55.0 Å². The van der Waals surface area contributed by atoms with Crippen molar-refractivity contribution in [1.29, 1.82) is 0 Å². The van der Waals surface area contributed by atoms with Crippen LogP contribution in [0.3, 0.4) is 0 Å². The smallest absolute Gasteiger partial charge is 0.319 e. The van der Waals surface area contributed by atoms with Crippen molar-refractivity contribution >= 4 is 11.9 Å². The van der Waals surface area contributed by atoms with Crippen molar-refractivity contribution in [2.45, 2.75) is 6.92 Å². The van der Waals surface area contributed by atoms with Gasteiger partial charge in [0.1, 0.15) is 11.5 Å². The molecule has 0 saturated carbocycles. The first-order valence-electron chi connectivity index (χ1n) is 11.6. The van der Waals surface area contributed by atoms with Gasteiger partial charge in [0.05, 0.1) is 25.5 Å². The molecule has 0 bridgehead atoms. The average Bonchev–Trinajstić information content (AvgIpc) is 3.24. The lowest BCUT2D eigenvalue weighted by molar-refractivity contribution is 0.0649. The zero-order valence-corrected chi connectivity index (χ0v) is 20.9. The minimum atomic E-state index is -0.0316. The zero-order chi connectivity index (χ0) is 25.1. The number of hydrogen-bond donors (Lipinski definition) is 0. The Morgan fingerprint density at radius 3 is 2.06 bits per heavy atom. The third kappa shape index (κ3) is 4.82. The molecule has 0 atom stereocenters. The maximum absolute atomic E-state index is 13.6. The van der Waals surface area contributed by atoms with Gasteiger partial charge in [0, 0.05) is 57.7 Å². The lowest BCUT2D eigenvalue weighted by Gasteiger charge is -2.36. The summed E-state index contributed by atoms with van der Waals surface area (Å²) in [4.78, 5) is 31.1. The summed E-state index contributed by atoms with van der Waals surface area (Å²) >= 11 is 0. The Kier molecular flexibility index (Phi) is 7.00. The molecule has 0 spiro atoms. The van der Waals surface area contributed by atoms with Crippen LogP contribution >= 0.6 is 0 Å². The number of aromatic nitrogens is 1. The molecule has 0 unspecified atom stereocenters. The molecule has 35 heavy (non-hydrogen) atoms. The third-order valence-electron chi connectivity index (χ3n) is 6.39. The summed E-state index contributed by atoms with van der Waals surface area (Å²) < 4.78 is 12.9. The van der Waals surface area contributed by atoms with Crippen molar-refractivity contribution in [3.05, 3.63) is 65.9 Å². The summed E-state index contributed by atoms with van der Waals surface area (Å²) in [5, 5.41) is 0. The number of benzene rings is 2. The van der Waals surface area contributed by atoms with Crippen molar-refractivity contribution < 1.29 is 19.1 Å². The summed E-state index contributed by atoms with van der Waals surface area (Å²) in [6.45, 7) is 4.00. The average molecular weight is 477 g/mol.